The molecule has 0 aliphatic heterocycles. The second kappa shape index (κ2) is 3.29. The van der Waals surface area contributed by atoms with E-state index in [0.717, 1.165) is 18.4 Å². The number of aromatic nitrogens is 1. The lowest BCUT2D eigenvalue weighted by Crippen LogP contribution is -2.14. The third-order valence-corrected chi connectivity index (χ3v) is 2.35. The van der Waals surface area contributed by atoms with Gasteiger partial charge in [0.15, 0.2) is 0 Å². The Labute approximate surface area is 82.5 Å². The Hall–Kier alpha value is -1.58. The quantitative estimate of drug-likeness (QED) is 0.740. The van der Waals surface area contributed by atoms with Crippen LogP contribution in [0.2, 0.25) is 0 Å². The highest BCUT2D eigenvalue weighted by Gasteiger charge is 2.29. The largest absolute Gasteiger partial charge is 0.397 e. The lowest BCUT2D eigenvalue weighted by Gasteiger charge is -2.05. The molecule has 1 fully saturated rings. The molecule has 0 spiro atoms. The standard InChI is InChI=1S/C10H13N3O/c1-6-4-9(12-5-8(6)11)13-10(14)7-2-3-7/h4-5,7H,2-3,11H2,1H3,(H,12,13,14). The van der Waals surface area contributed by atoms with Crippen LogP contribution < -0.4 is 11.1 Å². The highest BCUT2D eigenvalue weighted by atomic mass is 16.2. The second-order valence-electron chi connectivity index (χ2n) is 3.69. The summed E-state index contributed by atoms with van der Waals surface area (Å²) in [6.07, 6.45) is 3.57. The van der Waals surface area contributed by atoms with Crippen molar-refractivity contribution in [3.8, 4) is 0 Å². The van der Waals surface area contributed by atoms with E-state index in [1.807, 2.05) is 6.92 Å². The maximum atomic E-state index is 11.4. The molecule has 1 saturated carbocycles. The van der Waals surface area contributed by atoms with Crippen LogP contribution in [0.3, 0.4) is 0 Å². The van der Waals surface area contributed by atoms with Gasteiger partial charge in [-0.25, -0.2) is 4.98 Å². The van der Waals surface area contributed by atoms with Crippen LogP contribution in [0.1, 0.15) is 18.4 Å². The molecule has 0 unspecified atom stereocenters. The van der Waals surface area contributed by atoms with Gasteiger partial charge in [0, 0.05) is 5.92 Å². The zero-order chi connectivity index (χ0) is 10.1. The van der Waals surface area contributed by atoms with Crippen molar-refractivity contribution >= 4 is 17.4 Å². The average molecular weight is 191 g/mol. The summed E-state index contributed by atoms with van der Waals surface area (Å²) in [7, 11) is 0. The Morgan fingerprint density at radius 3 is 2.93 bits per heavy atom. The van der Waals surface area contributed by atoms with E-state index in [0.29, 0.717) is 11.5 Å². The highest BCUT2D eigenvalue weighted by molar-refractivity contribution is 5.93. The van der Waals surface area contributed by atoms with E-state index in [9.17, 15) is 4.79 Å². The minimum absolute atomic E-state index is 0.0710. The molecule has 0 saturated heterocycles. The summed E-state index contributed by atoms with van der Waals surface area (Å²) in [6.45, 7) is 1.89. The number of nitrogens with zero attached hydrogens (tertiary/aromatic N) is 1. The smallest absolute Gasteiger partial charge is 0.228 e. The fourth-order valence-corrected chi connectivity index (χ4v) is 1.21. The van der Waals surface area contributed by atoms with Crippen LogP contribution >= 0.6 is 0 Å². The van der Waals surface area contributed by atoms with Gasteiger partial charge in [0.05, 0.1) is 11.9 Å². The molecule has 0 aromatic carbocycles. The maximum Gasteiger partial charge on any atom is 0.228 e. The van der Waals surface area contributed by atoms with Crippen LogP contribution in [0.5, 0.6) is 0 Å². The average Bonchev–Trinajstić information content (AvgIpc) is 2.94. The van der Waals surface area contributed by atoms with Gasteiger partial charge in [0.1, 0.15) is 5.82 Å². The van der Waals surface area contributed by atoms with Crippen molar-refractivity contribution in [3.63, 3.8) is 0 Å². The molecular weight excluding hydrogens is 178 g/mol. The summed E-state index contributed by atoms with van der Waals surface area (Å²) in [5, 5.41) is 2.77. The predicted octanol–water partition coefficient (Wildman–Crippen LogP) is 1.32. The van der Waals surface area contributed by atoms with E-state index >= 15 is 0 Å². The first kappa shape index (κ1) is 8.99. The number of amides is 1. The molecule has 4 heteroatoms. The van der Waals surface area contributed by atoms with Gasteiger partial charge in [-0.3, -0.25) is 4.79 Å². The molecule has 0 bridgehead atoms. The molecule has 1 aromatic heterocycles. The van der Waals surface area contributed by atoms with Crippen molar-refractivity contribution < 1.29 is 4.79 Å². The molecular formula is C10H13N3O. The van der Waals surface area contributed by atoms with Crippen molar-refractivity contribution in [1.29, 1.82) is 0 Å². The number of carbonyl (C=O) groups excluding carboxylic acids is 1. The zero-order valence-corrected chi connectivity index (χ0v) is 8.08. The van der Waals surface area contributed by atoms with Gasteiger partial charge >= 0.3 is 0 Å². The monoisotopic (exact) mass is 191 g/mol. The summed E-state index contributed by atoms with van der Waals surface area (Å²) < 4.78 is 0. The number of anilines is 2. The molecule has 2 rings (SSSR count). The minimum Gasteiger partial charge on any atom is -0.397 e. The molecule has 4 nitrogen and oxygen atoms in total. The predicted molar refractivity (Wildman–Crippen MR) is 54.7 cm³/mol. The molecule has 74 valence electrons. The Morgan fingerprint density at radius 2 is 2.36 bits per heavy atom. The summed E-state index contributed by atoms with van der Waals surface area (Å²) in [5.41, 5.74) is 7.20. The molecule has 3 N–H and O–H groups in total. The van der Waals surface area contributed by atoms with Gasteiger partial charge in [0.2, 0.25) is 5.91 Å². The van der Waals surface area contributed by atoms with Gasteiger partial charge < -0.3 is 11.1 Å². The summed E-state index contributed by atoms with van der Waals surface area (Å²) >= 11 is 0. The minimum atomic E-state index is 0.0710. The molecule has 1 amide bonds. The Balaban J connectivity index is 2.08. The first-order valence-corrected chi connectivity index (χ1v) is 4.70. The third-order valence-electron chi connectivity index (χ3n) is 2.35. The van der Waals surface area contributed by atoms with Crippen LogP contribution in [-0.4, -0.2) is 10.9 Å². The van der Waals surface area contributed by atoms with Crippen LogP contribution in [0.4, 0.5) is 11.5 Å². The van der Waals surface area contributed by atoms with Gasteiger partial charge in [-0.05, 0) is 31.4 Å². The van der Waals surface area contributed by atoms with Gasteiger partial charge in [-0.2, -0.15) is 0 Å². The fraction of sp³-hybridized carbons (Fsp3) is 0.400. The van der Waals surface area contributed by atoms with E-state index in [1.165, 1.54) is 0 Å². The first-order valence-electron chi connectivity index (χ1n) is 4.70. The molecule has 1 heterocycles. The third kappa shape index (κ3) is 1.84. The normalized spacial score (nSPS) is 15.2. The SMILES string of the molecule is Cc1cc(NC(=O)C2CC2)ncc1N. The van der Waals surface area contributed by atoms with Crippen LogP contribution in [-0.2, 0) is 4.79 Å². The number of pyridine rings is 1. The first-order chi connectivity index (χ1) is 6.66. The Kier molecular flexibility index (Phi) is 2.11. The number of aryl methyl sites for hydroxylation is 1. The van der Waals surface area contributed by atoms with Crippen LogP contribution in [0, 0.1) is 12.8 Å². The number of hydrogen-bond acceptors (Lipinski definition) is 3. The number of carbonyl (C=O) groups is 1. The van der Waals surface area contributed by atoms with Gasteiger partial charge in [-0.1, -0.05) is 0 Å². The number of nitrogens with one attached hydrogen (secondary N) is 1. The fourth-order valence-electron chi connectivity index (χ4n) is 1.21. The van der Waals surface area contributed by atoms with Crippen molar-refractivity contribution in [2.24, 2.45) is 5.92 Å². The lowest BCUT2D eigenvalue weighted by molar-refractivity contribution is -0.117. The maximum absolute atomic E-state index is 11.4. The molecule has 1 aromatic rings. The number of nitrogens with two attached hydrogens (primary N) is 1. The second-order valence-corrected chi connectivity index (χ2v) is 3.69. The van der Waals surface area contributed by atoms with E-state index in [4.69, 9.17) is 5.73 Å². The van der Waals surface area contributed by atoms with E-state index in [2.05, 4.69) is 10.3 Å². The molecule has 0 atom stereocenters. The number of rotatable bonds is 2. The Bertz CT molecular complexity index is 372. The van der Waals surface area contributed by atoms with Crippen molar-refractivity contribution in [2.45, 2.75) is 19.8 Å². The molecule has 1 aliphatic rings. The topological polar surface area (TPSA) is 68.0 Å². The van der Waals surface area contributed by atoms with Crippen LogP contribution in [0.25, 0.3) is 0 Å². The van der Waals surface area contributed by atoms with Crippen molar-refractivity contribution in [3.05, 3.63) is 17.8 Å². The van der Waals surface area contributed by atoms with Gasteiger partial charge in [0.25, 0.3) is 0 Å². The number of nitrogen functional groups attached to an aromatic ring is 1. The summed E-state index contributed by atoms with van der Waals surface area (Å²) in [5.74, 6) is 0.866. The molecule has 14 heavy (non-hydrogen) atoms. The van der Waals surface area contributed by atoms with Gasteiger partial charge in [-0.15, -0.1) is 0 Å². The highest BCUT2D eigenvalue weighted by Crippen LogP contribution is 2.30. The number of hydrogen-bond donors (Lipinski definition) is 2. The Morgan fingerprint density at radius 1 is 1.64 bits per heavy atom. The lowest BCUT2D eigenvalue weighted by atomic mass is 10.2. The van der Waals surface area contributed by atoms with Crippen LogP contribution in [0.15, 0.2) is 12.3 Å². The van der Waals surface area contributed by atoms with E-state index < -0.39 is 0 Å². The molecule has 0 radical (unpaired) electrons. The summed E-state index contributed by atoms with van der Waals surface area (Å²) in [6, 6.07) is 1.79. The van der Waals surface area contributed by atoms with Crippen molar-refractivity contribution in [1.82, 2.24) is 4.98 Å². The summed E-state index contributed by atoms with van der Waals surface area (Å²) in [4.78, 5) is 15.4. The van der Waals surface area contributed by atoms with E-state index in [1.54, 1.807) is 12.3 Å². The van der Waals surface area contributed by atoms with Crippen molar-refractivity contribution in [2.75, 3.05) is 11.1 Å². The molecule has 1 aliphatic carbocycles. The van der Waals surface area contributed by atoms with E-state index in [-0.39, 0.29) is 11.8 Å². The zero-order valence-electron chi connectivity index (χ0n) is 8.08.